The van der Waals surface area contributed by atoms with Crippen LogP contribution in [0.2, 0.25) is 0 Å². The summed E-state index contributed by atoms with van der Waals surface area (Å²) in [6.07, 6.45) is 3.14. The average molecular weight is 289 g/mol. The van der Waals surface area contributed by atoms with Crippen LogP contribution in [-0.2, 0) is 9.59 Å². The van der Waals surface area contributed by atoms with Crippen LogP contribution >= 0.6 is 0 Å². The Balaban J connectivity index is 1.90. The van der Waals surface area contributed by atoms with Crippen molar-refractivity contribution >= 4 is 11.9 Å². The van der Waals surface area contributed by atoms with Gasteiger partial charge in [0.2, 0.25) is 5.91 Å². The van der Waals surface area contributed by atoms with Gasteiger partial charge in [0.1, 0.15) is 0 Å². The minimum absolute atomic E-state index is 0.107. The van der Waals surface area contributed by atoms with E-state index in [1.165, 1.54) is 5.56 Å². The lowest BCUT2D eigenvalue weighted by atomic mass is 9.78. The fourth-order valence-electron chi connectivity index (χ4n) is 3.02. The topological polar surface area (TPSA) is 66.4 Å². The third-order valence-electron chi connectivity index (χ3n) is 4.37. The number of carboxylic acid groups (broad SMARTS) is 1. The molecule has 3 atom stereocenters. The fourth-order valence-corrected chi connectivity index (χ4v) is 3.02. The Morgan fingerprint density at radius 3 is 2.43 bits per heavy atom. The van der Waals surface area contributed by atoms with Crippen LogP contribution in [0.1, 0.15) is 44.1 Å². The van der Waals surface area contributed by atoms with Crippen LogP contribution in [0.25, 0.3) is 0 Å². The Kier molecular flexibility index (Phi) is 5.37. The van der Waals surface area contributed by atoms with Gasteiger partial charge in [-0.3, -0.25) is 9.59 Å². The number of nitrogens with one attached hydrogen (secondary N) is 1. The van der Waals surface area contributed by atoms with Crippen LogP contribution in [0.5, 0.6) is 0 Å². The third-order valence-corrected chi connectivity index (χ3v) is 4.37. The van der Waals surface area contributed by atoms with Crippen molar-refractivity contribution in [2.75, 3.05) is 6.54 Å². The monoisotopic (exact) mass is 289 g/mol. The molecule has 2 N–H and O–H groups in total. The van der Waals surface area contributed by atoms with Gasteiger partial charge in [-0.15, -0.1) is 0 Å². The maximum atomic E-state index is 12.3. The second kappa shape index (κ2) is 7.25. The first-order valence-electron chi connectivity index (χ1n) is 7.65. The van der Waals surface area contributed by atoms with E-state index < -0.39 is 11.9 Å². The second-order valence-corrected chi connectivity index (χ2v) is 5.89. The van der Waals surface area contributed by atoms with Gasteiger partial charge in [-0.05, 0) is 24.3 Å². The zero-order chi connectivity index (χ0) is 15.2. The molecule has 4 nitrogen and oxygen atoms in total. The molecule has 0 saturated heterocycles. The lowest BCUT2D eigenvalue weighted by Gasteiger charge is -2.28. The van der Waals surface area contributed by atoms with E-state index in [1.54, 1.807) is 0 Å². The number of carbonyl (C=O) groups excluding carboxylic acids is 1. The molecule has 1 fully saturated rings. The van der Waals surface area contributed by atoms with Gasteiger partial charge in [-0.2, -0.15) is 0 Å². The molecule has 0 heterocycles. The quantitative estimate of drug-likeness (QED) is 0.876. The minimum atomic E-state index is -0.842. The average Bonchev–Trinajstić information content (AvgIpc) is 2.53. The van der Waals surface area contributed by atoms with Crippen molar-refractivity contribution in [3.63, 3.8) is 0 Å². The molecule has 0 bridgehead atoms. The molecule has 0 unspecified atom stereocenters. The Labute approximate surface area is 125 Å². The predicted octanol–water partition coefficient (Wildman–Crippen LogP) is 2.80. The number of benzene rings is 1. The van der Waals surface area contributed by atoms with Crippen LogP contribution in [0.3, 0.4) is 0 Å². The van der Waals surface area contributed by atoms with Gasteiger partial charge in [0.15, 0.2) is 0 Å². The zero-order valence-electron chi connectivity index (χ0n) is 12.4. The minimum Gasteiger partial charge on any atom is -0.481 e. The third kappa shape index (κ3) is 4.06. The molecule has 1 aliphatic carbocycles. The maximum absolute atomic E-state index is 12.3. The van der Waals surface area contributed by atoms with Gasteiger partial charge in [0.05, 0.1) is 11.8 Å². The maximum Gasteiger partial charge on any atom is 0.307 e. The number of aliphatic carboxylic acids is 1. The van der Waals surface area contributed by atoms with Crippen LogP contribution < -0.4 is 5.32 Å². The van der Waals surface area contributed by atoms with Crippen LogP contribution in [0.4, 0.5) is 0 Å². The number of amides is 1. The molecule has 1 saturated carbocycles. The molecule has 0 spiro atoms. The summed E-state index contributed by atoms with van der Waals surface area (Å²) in [6, 6.07) is 10.0. The normalized spacial score (nSPS) is 23.3. The Hall–Kier alpha value is -1.84. The van der Waals surface area contributed by atoms with Crippen molar-refractivity contribution in [1.82, 2.24) is 5.32 Å². The van der Waals surface area contributed by atoms with Gasteiger partial charge >= 0.3 is 5.97 Å². The highest BCUT2D eigenvalue weighted by Gasteiger charge is 2.35. The smallest absolute Gasteiger partial charge is 0.307 e. The lowest BCUT2D eigenvalue weighted by Crippen LogP contribution is -2.40. The summed E-state index contributed by atoms with van der Waals surface area (Å²) < 4.78 is 0. The fraction of sp³-hybridized carbons (Fsp3) is 0.529. The highest BCUT2D eigenvalue weighted by molar-refractivity contribution is 5.84. The summed E-state index contributed by atoms with van der Waals surface area (Å²) in [5.41, 5.74) is 1.18. The predicted molar refractivity (Wildman–Crippen MR) is 81.0 cm³/mol. The molecule has 21 heavy (non-hydrogen) atoms. The second-order valence-electron chi connectivity index (χ2n) is 5.89. The molecule has 0 aromatic heterocycles. The number of carboxylic acids is 1. The molecule has 1 aromatic carbocycles. The molecule has 2 rings (SSSR count). The lowest BCUT2D eigenvalue weighted by molar-refractivity contribution is -0.148. The first kappa shape index (κ1) is 15.5. The zero-order valence-corrected chi connectivity index (χ0v) is 12.4. The highest BCUT2D eigenvalue weighted by atomic mass is 16.4. The SMILES string of the molecule is C[C@@H](CNC(=O)[C@H]1CCCC[C@@H]1C(=O)O)c1ccccc1. The Morgan fingerprint density at radius 1 is 1.19 bits per heavy atom. The van der Waals surface area contributed by atoms with Gasteiger partial charge in [-0.25, -0.2) is 0 Å². The van der Waals surface area contributed by atoms with Crippen molar-refractivity contribution in [3.8, 4) is 0 Å². The van der Waals surface area contributed by atoms with E-state index in [0.717, 1.165) is 12.8 Å². The first-order valence-corrected chi connectivity index (χ1v) is 7.65. The van der Waals surface area contributed by atoms with Crippen molar-refractivity contribution in [3.05, 3.63) is 35.9 Å². The van der Waals surface area contributed by atoms with E-state index in [-0.39, 0.29) is 17.7 Å². The number of hydrogen-bond acceptors (Lipinski definition) is 2. The molecule has 1 aromatic rings. The van der Waals surface area contributed by atoms with Crippen molar-refractivity contribution in [1.29, 1.82) is 0 Å². The standard InChI is InChI=1S/C17H23NO3/c1-12(13-7-3-2-4-8-13)11-18-16(19)14-9-5-6-10-15(14)17(20)21/h2-4,7-8,12,14-15H,5-6,9-11H2,1H3,(H,18,19)(H,20,21)/t12-,14-,15-/m0/s1. The van der Waals surface area contributed by atoms with Gasteiger partial charge in [-0.1, -0.05) is 50.1 Å². The summed E-state index contributed by atoms with van der Waals surface area (Å²) in [5.74, 6) is -1.62. The van der Waals surface area contributed by atoms with E-state index in [4.69, 9.17) is 0 Å². The van der Waals surface area contributed by atoms with E-state index in [0.29, 0.717) is 19.4 Å². The molecule has 1 amide bonds. The van der Waals surface area contributed by atoms with Gasteiger partial charge in [0.25, 0.3) is 0 Å². The van der Waals surface area contributed by atoms with Crippen LogP contribution in [0, 0.1) is 11.8 Å². The summed E-state index contributed by atoms with van der Waals surface area (Å²) in [4.78, 5) is 23.5. The van der Waals surface area contributed by atoms with E-state index >= 15 is 0 Å². The summed E-state index contributed by atoms with van der Waals surface area (Å²) in [6.45, 7) is 2.61. The molecule has 0 aliphatic heterocycles. The van der Waals surface area contributed by atoms with Crippen molar-refractivity contribution in [2.45, 2.75) is 38.5 Å². The van der Waals surface area contributed by atoms with E-state index in [2.05, 4.69) is 12.2 Å². The van der Waals surface area contributed by atoms with Gasteiger partial charge in [0, 0.05) is 6.54 Å². The van der Waals surface area contributed by atoms with Gasteiger partial charge < -0.3 is 10.4 Å². The van der Waals surface area contributed by atoms with Crippen molar-refractivity contribution < 1.29 is 14.7 Å². The number of hydrogen-bond donors (Lipinski definition) is 2. The van der Waals surface area contributed by atoms with Crippen LogP contribution in [0.15, 0.2) is 30.3 Å². The first-order chi connectivity index (χ1) is 10.1. The van der Waals surface area contributed by atoms with E-state index in [9.17, 15) is 14.7 Å². The van der Waals surface area contributed by atoms with Crippen molar-refractivity contribution in [2.24, 2.45) is 11.8 Å². The molecular weight excluding hydrogens is 266 g/mol. The van der Waals surface area contributed by atoms with Crippen LogP contribution in [-0.4, -0.2) is 23.5 Å². The molecule has 0 radical (unpaired) electrons. The largest absolute Gasteiger partial charge is 0.481 e. The number of rotatable bonds is 5. The summed E-state index contributed by atoms with van der Waals surface area (Å²) in [7, 11) is 0. The van der Waals surface area contributed by atoms with E-state index in [1.807, 2.05) is 30.3 Å². The Morgan fingerprint density at radius 2 is 1.81 bits per heavy atom. The molecule has 4 heteroatoms. The number of carbonyl (C=O) groups is 2. The highest BCUT2D eigenvalue weighted by Crippen LogP contribution is 2.30. The molecule has 1 aliphatic rings. The Bertz CT molecular complexity index is 486. The molecule has 114 valence electrons. The summed E-state index contributed by atoms with van der Waals surface area (Å²) >= 11 is 0. The molecular formula is C17H23NO3. The summed E-state index contributed by atoms with van der Waals surface area (Å²) in [5, 5.41) is 12.2.